The van der Waals surface area contributed by atoms with Gasteiger partial charge in [0.15, 0.2) is 0 Å². The largest absolute Gasteiger partial charge is 0.288 e. The maximum absolute atomic E-state index is 12.7. The Bertz CT molecular complexity index is 1000. The van der Waals surface area contributed by atoms with Crippen molar-refractivity contribution in [2.45, 2.75) is 24.7 Å². The summed E-state index contributed by atoms with van der Waals surface area (Å²) in [7, 11) is -3.87. The van der Waals surface area contributed by atoms with Crippen molar-refractivity contribution >= 4 is 37.4 Å². The Morgan fingerprint density at radius 1 is 0.960 bits per heavy atom. The minimum absolute atomic E-state index is 0.128. The van der Waals surface area contributed by atoms with Crippen molar-refractivity contribution in [3.8, 4) is 0 Å². The summed E-state index contributed by atoms with van der Waals surface area (Å²) in [6.45, 7) is 4.09. The van der Waals surface area contributed by atoms with Crippen molar-refractivity contribution in [2.75, 3.05) is 0 Å². The second-order valence-corrected chi connectivity index (χ2v) is 8.50. The fraction of sp³-hybridized carbons (Fsp3) is 0.158. The number of ketones is 1. The molecular weight excluding hydrogens is 402 g/mol. The van der Waals surface area contributed by atoms with Gasteiger partial charge in [-0.05, 0) is 45.6 Å². The van der Waals surface area contributed by atoms with Crippen LogP contribution >= 0.6 is 15.9 Å². The van der Waals surface area contributed by atoms with Crippen LogP contribution in [0.1, 0.15) is 41.3 Å². The van der Waals surface area contributed by atoms with E-state index in [0.29, 0.717) is 17.0 Å². The van der Waals surface area contributed by atoms with Crippen LogP contribution < -0.4 is 0 Å². The van der Waals surface area contributed by atoms with E-state index >= 15 is 0 Å². The van der Waals surface area contributed by atoms with Crippen molar-refractivity contribution in [1.82, 2.24) is 0 Å². The van der Waals surface area contributed by atoms with E-state index in [1.165, 1.54) is 6.08 Å². The van der Waals surface area contributed by atoms with Crippen molar-refractivity contribution in [3.63, 3.8) is 0 Å². The Hall–Kier alpha value is -2.05. The number of benzene rings is 2. The fourth-order valence-electron chi connectivity index (χ4n) is 2.58. The van der Waals surface area contributed by atoms with E-state index in [4.69, 9.17) is 0 Å². The zero-order chi connectivity index (χ0) is 18.2. The first-order chi connectivity index (χ1) is 11.8. The molecule has 0 aromatic heterocycles. The first kappa shape index (κ1) is 17.8. The van der Waals surface area contributed by atoms with Crippen molar-refractivity contribution in [2.24, 2.45) is 4.40 Å². The summed E-state index contributed by atoms with van der Waals surface area (Å²) < 4.78 is 29.6. The molecule has 0 atom stereocenters. The summed E-state index contributed by atoms with van der Waals surface area (Å²) >= 11 is 3.19. The molecule has 6 heteroatoms. The molecule has 1 aliphatic carbocycles. The molecule has 0 spiro atoms. The lowest BCUT2D eigenvalue weighted by Crippen LogP contribution is -2.16. The summed E-state index contributed by atoms with van der Waals surface area (Å²) in [5, 5.41) is 0. The number of allylic oxidation sites excluding steroid dienone is 2. The van der Waals surface area contributed by atoms with E-state index < -0.39 is 10.0 Å². The Morgan fingerprint density at radius 2 is 1.56 bits per heavy atom. The van der Waals surface area contributed by atoms with Gasteiger partial charge < -0.3 is 0 Å². The van der Waals surface area contributed by atoms with Crippen molar-refractivity contribution in [3.05, 3.63) is 75.8 Å². The number of nitrogens with zero attached hydrogens (tertiary/aromatic N) is 1. The topological polar surface area (TPSA) is 63.6 Å². The third-order valence-electron chi connectivity index (χ3n) is 3.99. The van der Waals surface area contributed by atoms with Gasteiger partial charge in [0.2, 0.25) is 5.78 Å². The highest BCUT2D eigenvalue weighted by Gasteiger charge is 2.24. The van der Waals surface area contributed by atoms with Crippen molar-refractivity contribution < 1.29 is 13.2 Å². The van der Waals surface area contributed by atoms with E-state index in [1.807, 2.05) is 13.8 Å². The Labute approximate surface area is 155 Å². The quantitative estimate of drug-likeness (QED) is 0.739. The van der Waals surface area contributed by atoms with Crippen LogP contribution in [-0.4, -0.2) is 19.9 Å². The first-order valence-electron chi connectivity index (χ1n) is 7.76. The van der Waals surface area contributed by atoms with Crippen molar-refractivity contribution in [1.29, 1.82) is 0 Å². The number of sulfonamides is 1. The first-order valence-corrected chi connectivity index (χ1v) is 9.99. The van der Waals surface area contributed by atoms with Crippen LogP contribution in [0.4, 0.5) is 0 Å². The molecule has 2 aromatic carbocycles. The molecule has 0 N–H and O–H groups in total. The molecule has 0 amide bonds. The summed E-state index contributed by atoms with van der Waals surface area (Å²) in [5.41, 5.74) is 2.25. The zero-order valence-electron chi connectivity index (χ0n) is 13.7. The molecule has 2 aromatic rings. The maximum Gasteiger partial charge on any atom is 0.282 e. The Kier molecular flexibility index (Phi) is 4.75. The van der Waals surface area contributed by atoms with E-state index in [-0.39, 0.29) is 20.9 Å². The average molecular weight is 418 g/mol. The van der Waals surface area contributed by atoms with Crippen LogP contribution in [0.5, 0.6) is 0 Å². The molecule has 0 radical (unpaired) electrons. The molecule has 1 aliphatic rings. The van der Waals surface area contributed by atoms with E-state index in [0.717, 1.165) is 5.56 Å². The molecular formula is C19H16BrNO3S. The minimum atomic E-state index is -3.87. The molecule has 0 aliphatic heterocycles. The summed E-state index contributed by atoms with van der Waals surface area (Å²) in [5.74, 6) is 0.131. The third-order valence-corrected chi connectivity index (χ3v) is 5.89. The number of Topliss-reactive ketones (excluding diaryl/α,β-unsaturated/α-hetero) is 1. The van der Waals surface area contributed by atoms with Crippen LogP contribution in [-0.2, 0) is 10.0 Å². The molecule has 0 heterocycles. The predicted molar refractivity (Wildman–Crippen MR) is 102 cm³/mol. The highest BCUT2D eigenvalue weighted by molar-refractivity contribution is 9.12. The lowest BCUT2D eigenvalue weighted by molar-refractivity contribution is 0.104. The van der Waals surface area contributed by atoms with E-state index in [9.17, 15) is 13.2 Å². The zero-order valence-corrected chi connectivity index (χ0v) is 16.1. The molecule has 128 valence electrons. The smallest absolute Gasteiger partial charge is 0.282 e. The Balaban J connectivity index is 2.08. The van der Waals surface area contributed by atoms with Crippen LogP contribution in [0.2, 0.25) is 0 Å². The second-order valence-electron chi connectivity index (χ2n) is 6.04. The molecule has 0 bridgehead atoms. The predicted octanol–water partition coefficient (Wildman–Crippen LogP) is 4.46. The van der Waals surface area contributed by atoms with Crippen LogP contribution in [0.15, 0.2) is 68.4 Å². The number of hydrogen-bond donors (Lipinski definition) is 0. The number of halogens is 1. The average Bonchev–Trinajstić information content (AvgIpc) is 2.59. The van der Waals surface area contributed by atoms with E-state index in [2.05, 4.69) is 20.3 Å². The molecule has 3 rings (SSSR count). The number of fused-ring (bicyclic) bond motifs is 1. The van der Waals surface area contributed by atoms with Gasteiger partial charge in [-0.3, -0.25) is 4.79 Å². The van der Waals surface area contributed by atoms with Gasteiger partial charge in [0, 0.05) is 11.1 Å². The molecule has 4 nitrogen and oxygen atoms in total. The number of carbonyl (C=O) groups is 1. The van der Waals surface area contributed by atoms with Gasteiger partial charge in [0.05, 0.1) is 15.1 Å². The van der Waals surface area contributed by atoms with Gasteiger partial charge in [0.25, 0.3) is 10.0 Å². The molecule has 0 saturated heterocycles. The van der Waals surface area contributed by atoms with Gasteiger partial charge in [-0.1, -0.05) is 50.2 Å². The molecule has 0 fully saturated rings. The molecule has 0 saturated carbocycles. The van der Waals surface area contributed by atoms with Crippen LogP contribution in [0.25, 0.3) is 0 Å². The van der Waals surface area contributed by atoms with Gasteiger partial charge in [-0.15, -0.1) is 0 Å². The second kappa shape index (κ2) is 6.69. The summed E-state index contributed by atoms with van der Waals surface area (Å²) in [6.07, 6.45) is 1.45. The highest BCUT2D eigenvalue weighted by atomic mass is 79.9. The minimum Gasteiger partial charge on any atom is -0.288 e. The van der Waals surface area contributed by atoms with Crippen LogP contribution in [0, 0.1) is 0 Å². The summed E-state index contributed by atoms with van der Waals surface area (Å²) in [4.78, 5) is 12.3. The third kappa shape index (κ3) is 3.50. The van der Waals surface area contributed by atoms with Gasteiger partial charge in [-0.25, -0.2) is 0 Å². The standard InChI is InChI=1S/C19H16BrNO3S/c1-12(2)13-7-9-14(10-8-13)25(23,24)21-18-11-17(20)19(22)16-6-4-3-5-15(16)18/h3-12H,1-2H3. The van der Waals surface area contributed by atoms with Gasteiger partial charge in [-0.2, -0.15) is 12.8 Å². The molecule has 25 heavy (non-hydrogen) atoms. The highest BCUT2D eigenvalue weighted by Crippen LogP contribution is 2.26. The Morgan fingerprint density at radius 3 is 2.16 bits per heavy atom. The lowest BCUT2D eigenvalue weighted by Gasteiger charge is -2.14. The van der Waals surface area contributed by atoms with Gasteiger partial charge in [0.1, 0.15) is 0 Å². The normalized spacial score (nSPS) is 16.1. The fourth-order valence-corrected chi connectivity index (χ4v) is 4.00. The maximum atomic E-state index is 12.7. The summed E-state index contributed by atoms with van der Waals surface area (Å²) in [6, 6.07) is 13.5. The van der Waals surface area contributed by atoms with Crippen LogP contribution in [0.3, 0.4) is 0 Å². The SMILES string of the molecule is CC(C)c1ccc(S(=O)(=O)N=C2C=C(Br)C(=O)c3ccccc32)cc1. The van der Waals surface area contributed by atoms with Gasteiger partial charge >= 0.3 is 0 Å². The lowest BCUT2D eigenvalue weighted by atomic mass is 9.94. The van der Waals surface area contributed by atoms with E-state index in [1.54, 1.807) is 48.5 Å². The number of hydrogen-bond acceptors (Lipinski definition) is 3. The molecule has 0 unspecified atom stereocenters. The number of carbonyl (C=O) groups excluding carboxylic acids is 1. The number of rotatable bonds is 3. The monoisotopic (exact) mass is 417 g/mol.